The second kappa shape index (κ2) is 7.59. The first-order valence-electron chi connectivity index (χ1n) is 7.84. The zero-order valence-corrected chi connectivity index (χ0v) is 14.1. The molecule has 0 saturated heterocycles. The van der Waals surface area contributed by atoms with Gasteiger partial charge in [0.05, 0.1) is 4.92 Å². The molecular weight excluding hydrogens is 316 g/mol. The lowest BCUT2D eigenvalue weighted by molar-refractivity contribution is -0.384. The lowest BCUT2D eigenvalue weighted by Crippen LogP contribution is -2.42. The molecule has 0 unspecified atom stereocenters. The van der Waals surface area contributed by atoms with Crippen LogP contribution in [0.25, 0.3) is 6.08 Å². The van der Waals surface area contributed by atoms with Crippen LogP contribution in [-0.4, -0.2) is 27.8 Å². The first kappa shape index (κ1) is 17.5. The fraction of sp³-hybridized carbons (Fsp3) is 0.471. The normalized spacial score (nSPS) is 15.5. The predicted octanol–water partition coefficient (Wildman–Crippen LogP) is 4.44. The van der Waals surface area contributed by atoms with Gasteiger partial charge in [-0.25, -0.2) is 0 Å². The number of rotatable bonds is 5. The highest BCUT2D eigenvalue weighted by Gasteiger charge is 2.27. The van der Waals surface area contributed by atoms with Crippen molar-refractivity contribution in [1.29, 1.82) is 0 Å². The summed E-state index contributed by atoms with van der Waals surface area (Å²) in [4.78, 5) is 24.8. The van der Waals surface area contributed by atoms with Gasteiger partial charge in [-0.05, 0) is 44.4 Å². The van der Waals surface area contributed by atoms with Gasteiger partial charge in [0.15, 0.2) is 0 Å². The standard InChI is InChI=1S/C17H21ClN2O3/c1-12(2)19(14-5-3-4-6-14)17(21)10-8-13-7-9-15(18)16(11-13)20(22)23/h7-12,14H,3-6H2,1-2H3/b10-8+. The van der Waals surface area contributed by atoms with Crippen molar-refractivity contribution >= 4 is 29.3 Å². The van der Waals surface area contributed by atoms with E-state index < -0.39 is 4.92 Å². The Bertz CT molecular complexity index is 622. The molecule has 1 aliphatic rings. The number of halogens is 1. The third-order valence-corrected chi connectivity index (χ3v) is 4.43. The first-order valence-corrected chi connectivity index (χ1v) is 8.22. The summed E-state index contributed by atoms with van der Waals surface area (Å²) in [5.41, 5.74) is 0.433. The molecule has 0 aromatic heterocycles. The van der Waals surface area contributed by atoms with E-state index in [-0.39, 0.29) is 22.7 Å². The van der Waals surface area contributed by atoms with Gasteiger partial charge in [0.2, 0.25) is 5.91 Å². The molecule has 0 radical (unpaired) electrons. The molecule has 1 aromatic rings. The van der Waals surface area contributed by atoms with E-state index in [2.05, 4.69) is 0 Å². The summed E-state index contributed by atoms with van der Waals surface area (Å²) in [5.74, 6) is -0.0514. The molecule has 1 fully saturated rings. The van der Waals surface area contributed by atoms with Crippen LogP contribution in [0.2, 0.25) is 5.02 Å². The van der Waals surface area contributed by atoms with Crippen molar-refractivity contribution in [2.24, 2.45) is 0 Å². The van der Waals surface area contributed by atoms with E-state index in [4.69, 9.17) is 11.6 Å². The van der Waals surface area contributed by atoms with Crippen LogP contribution in [0.5, 0.6) is 0 Å². The number of amides is 1. The molecule has 0 heterocycles. The lowest BCUT2D eigenvalue weighted by atomic mass is 10.1. The quantitative estimate of drug-likeness (QED) is 0.453. The van der Waals surface area contributed by atoms with Crippen LogP contribution in [0.4, 0.5) is 5.69 Å². The van der Waals surface area contributed by atoms with Crippen molar-refractivity contribution in [3.05, 3.63) is 45.0 Å². The van der Waals surface area contributed by atoms with Gasteiger partial charge in [0.1, 0.15) is 5.02 Å². The molecule has 0 N–H and O–H groups in total. The third-order valence-electron chi connectivity index (χ3n) is 4.11. The van der Waals surface area contributed by atoms with Crippen molar-refractivity contribution < 1.29 is 9.72 Å². The SMILES string of the molecule is CC(C)N(C(=O)/C=C/c1ccc(Cl)c([N+](=O)[O-])c1)C1CCCC1. The van der Waals surface area contributed by atoms with Crippen LogP contribution in [-0.2, 0) is 4.79 Å². The molecular formula is C17H21ClN2O3. The monoisotopic (exact) mass is 336 g/mol. The van der Waals surface area contributed by atoms with Crippen molar-refractivity contribution in [3.8, 4) is 0 Å². The predicted molar refractivity (Wildman–Crippen MR) is 91.4 cm³/mol. The van der Waals surface area contributed by atoms with Gasteiger partial charge < -0.3 is 4.90 Å². The second-order valence-corrected chi connectivity index (χ2v) is 6.49. The Morgan fingerprint density at radius 1 is 1.39 bits per heavy atom. The Balaban J connectivity index is 2.16. The highest BCUT2D eigenvalue weighted by molar-refractivity contribution is 6.32. The fourth-order valence-corrected chi connectivity index (χ4v) is 3.25. The van der Waals surface area contributed by atoms with E-state index in [1.54, 1.807) is 12.1 Å². The highest BCUT2D eigenvalue weighted by atomic mass is 35.5. The summed E-state index contributed by atoms with van der Waals surface area (Å²) in [7, 11) is 0. The van der Waals surface area contributed by atoms with Crippen LogP contribution in [0.15, 0.2) is 24.3 Å². The fourth-order valence-electron chi connectivity index (χ4n) is 3.07. The molecule has 2 rings (SSSR count). The molecule has 0 spiro atoms. The van der Waals surface area contributed by atoms with Crippen LogP contribution in [0, 0.1) is 10.1 Å². The number of carbonyl (C=O) groups excluding carboxylic acids is 1. The Morgan fingerprint density at radius 3 is 2.61 bits per heavy atom. The Kier molecular flexibility index (Phi) is 5.77. The summed E-state index contributed by atoms with van der Waals surface area (Å²) in [6, 6.07) is 4.94. The number of benzene rings is 1. The first-order chi connectivity index (χ1) is 10.9. The summed E-state index contributed by atoms with van der Waals surface area (Å²) >= 11 is 5.79. The molecule has 5 nitrogen and oxygen atoms in total. The van der Waals surface area contributed by atoms with E-state index in [0.717, 1.165) is 25.7 Å². The van der Waals surface area contributed by atoms with Gasteiger partial charge >= 0.3 is 0 Å². The molecule has 0 atom stereocenters. The number of hydrogen-bond acceptors (Lipinski definition) is 3. The number of nitrogens with zero attached hydrogens (tertiary/aromatic N) is 2. The summed E-state index contributed by atoms with van der Waals surface area (Å²) in [6.07, 6.45) is 7.51. The number of hydrogen-bond donors (Lipinski definition) is 0. The van der Waals surface area contributed by atoms with E-state index >= 15 is 0 Å². The number of carbonyl (C=O) groups is 1. The summed E-state index contributed by atoms with van der Waals surface area (Å²) < 4.78 is 0. The molecule has 0 bridgehead atoms. The van der Waals surface area contributed by atoms with E-state index in [1.807, 2.05) is 18.7 Å². The zero-order chi connectivity index (χ0) is 17.0. The van der Waals surface area contributed by atoms with Crippen LogP contribution < -0.4 is 0 Å². The van der Waals surface area contributed by atoms with Crippen molar-refractivity contribution in [3.63, 3.8) is 0 Å². The van der Waals surface area contributed by atoms with Gasteiger partial charge in [-0.3, -0.25) is 14.9 Å². The van der Waals surface area contributed by atoms with Crippen molar-refractivity contribution in [2.45, 2.75) is 51.6 Å². The van der Waals surface area contributed by atoms with Gasteiger partial charge in [0.25, 0.3) is 5.69 Å². The molecule has 1 saturated carbocycles. The molecule has 1 aliphatic carbocycles. The van der Waals surface area contributed by atoms with E-state index in [9.17, 15) is 14.9 Å². The molecule has 1 aromatic carbocycles. The number of nitro benzene ring substituents is 1. The Morgan fingerprint density at radius 2 is 2.04 bits per heavy atom. The van der Waals surface area contributed by atoms with Gasteiger partial charge in [-0.15, -0.1) is 0 Å². The molecule has 6 heteroatoms. The Labute approximate surface area is 141 Å². The average Bonchev–Trinajstić information content (AvgIpc) is 2.99. The van der Waals surface area contributed by atoms with Crippen molar-refractivity contribution in [1.82, 2.24) is 4.90 Å². The van der Waals surface area contributed by atoms with Crippen LogP contribution in [0.1, 0.15) is 45.1 Å². The maximum Gasteiger partial charge on any atom is 0.288 e. The molecule has 0 aliphatic heterocycles. The average molecular weight is 337 g/mol. The molecule has 124 valence electrons. The minimum absolute atomic E-state index is 0.0514. The minimum atomic E-state index is -0.527. The largest absolute Gasteiger partial charge is 0.334 e. The van der Waals surface area contributed by atoms with Crippen LogP contribution >= 0.6 is 11.6 Å². The van der Waals surface area contributed by atoms with E-state index in [0.29, 0.717) is 11.6 Å². The zero-order valence-electron chi connectivity index (χ0n) is 13.4. The van der Waals surface area contributed by atoms with Gasteiger partial charge in [0, 0.05) is 24.2 Å². The second-order valence-electron chi connectivity index (χ2n) is 6.08. The number of nitro groups is 1. The van der Waals surface area contributed by atoms with Crippen molar-refractivity contribution in [2.75, 3.05) is 0 Å². The van der Waals surface area contributed by atoms with Gasteiger partial charge in [-0.1, -0.05) is 30.5 Å². The van der Waals surface area contributed by atoms with Gasteiger partial charge in [-0.2, -0.15) is 0 Å². The molecule has 1 amide bonds. The highest BCUT2D eigenvalue weighted by Crippen LogP contribution is 2.27. The Hall–Kier alpha value is -1.88. The topological polar surface area (TPSA) is 63.5 Å². The summed E-state index contributed by atoms with van der Waals surface area (Å²) in [5, 5.41) is 11.0. The van der Waals surface area contributed by atoms with E-state index in [1.165, 1.54) is 18.2 Å². The maximum atomic E-state index is 12.5. The van der Waals surface area contributed by atoms with Crippen LogP contribution in [0.3, 0.4) is 0 Å². The summed E-state index contributed by atoms with van der Waals surface area (Å²) in [6.45, 7) is 4.02. The third kappa shape index (κ3) is 4.32. The smallest absolute Gasteiger partial charge is 0.288 e. The molecule has 23 heavy (non-hydrogen) atoms. The minimum Gasteiger partial charge on any atom is -0.334 e. The maximum absolute atomic E-state index is 12.5. The lowest BCUT2D eigenvalue weighted by Gasteiger charge is -2.31.